The summed E-state index contributed by atoms with van der Waals surface area (Å²) in [6, 6.07) is 0. The van der Waals surface area contributed by atoms with Crippen LogP contribution >= 0.6 is 0 Å². The number of aryl methyl sites for hydroxylation is 1. The Hall–Kier alpha value is -0.880. The highest BCUT2D eigenvalue weighted by Crippen LogP contribution is 2.09. The van der Waals surface area contributed by atoms with Crippen molar-refractivity contribution in [3.63, 3.8) is 0 Å². The number of rotatable bonds is 6. The predicted octanol–water partition coefficient (Wildman–Crippen LogP) is 0.339. The Morgan fingerprint density at radius 1 is 1.44 bits per heavy atom. The van der Waals surface area contributed by atoms with E-state index in [9.17, 15) is 8.42 Å². The summed E-state index contributed by atoms with van der Waals surface area (Å²) in [5.41, 5.74) is 7.61. The van der Waals surface area contributed by atoms with Gasteiger partial charge in [-0.1, -0.05) is 13.8 Å². The molecule has 1 aromatic heterocycles. The first kappa shape index (κ1) is 13.2. The molecule has 0 aliphatic rings. The third kappa shape index (κ3) is 3.05. The molecule has 1 heterocycles. The number of hydrogen-bond donors (Lipinski definition) is 1. The summed E-state index contributed by atoms with van der Waals surface area (Å²) in [7, 11) is -2.93. The lowest BCUT2D eigenvalue weighted by Crippen LogP contribution is -2.17. The minimum atomic E-state index is -2.93. The lowest BCUT2D eigenvalue weighted by Gasteiger charge is -2.07. The van der Waals surface area contributed by atoms with E-state index < -0.39 is 9.84 Å². The number of nitrogens with two attached hydrogens (primary N) is 1. The quantitative estimate of drug-likeness (QED) is 0.784. The van der Waals surface area contributed by atoms with Crippen LogP contribution in [0.5, 0.6) is 0 Å². The summed E-state index contributed by atoms with van der Waals surface area (Å²) in [5, 5.41) is 4.17. The maximum absolute atomic E-state index is 11.4. The van der Waals surface area contributed by atoms with Crippen LogP contribution in [0.3, 0.4) is 0 Å². The molecule has 5 nitrogen and oxygen atoms in total. The monoisotopic (exact) mass is 245 g/mol. The SMILES string of the molecule is CCc1c(CN)cnn1CCS(=O)(=O)CC. The van der Waals surface area contributed by atoms with Crippen LogP contribution in [0.15, 0.2) is 6.20 Å². The van der Waals surface area contributed by atoms with Gasteiger partial charge >= 0.3 is 0 Å². The van der Waals surface area contributed by atoms with Crippen molar-refractivity contribution in [2.24, 2.45) is 5.73 Å². The summed E-state index contributed by atoms with van der Waals surface area (Å²) in [5.74, 6) is 0.321. The maximum atomic E-state index is 11.4. The van der Waals surface area contributed by atoms with Crippen LogP contribution in [0.25, 0.3) is 0 Å². The van der Waals surface area contributed by atoms with Crippen molar-refractivity contribution in [1.29, 1.82) is 0 Å². The third-order valence-electron chi connectivity index (χ3n) is 2.64. The molecule has 0 atom stereocenters. The van der Waals surface area contributed by atoms with Gasteiger partial charge in [-0.15, -0.1) is 0 Å². The first-order chi connectivity index (χ1) is 7.54. The van der Waals surface area contributed by atoms with Crippen molar-refractivity contribution in [1.82, 2.24) is 9.78 Å². The smallest absolute Gasteiger partial charge is 0.151 e. The summed E-state index contributed by atoms with van der Waals surface area (Å²) < 4.78 is 24.5. The summed E-state index contributed by atoms with van der Waals surface area (Å²) >= 11 is 0. The largest absolute Gasteiger partial charge is 0.326 e. The van der Waals surface area contributed by atoms with E-state index in [0.717, 1.165) is 17.7 Å². The fraction of sp³-hybridized carbons (Fsp3) is 0.700. The maximum Gasteiger partial charge on any atom is 0.151 e. The molecular weight excluding hydrogens is 226 g/mol. The van der Waals surface area contributed by atoms with Gasteiger partial charge in [0.05, 0.1) is 18.5 Å². The van der Waals surface area contributed by atoms with E-state index in [0.29, 0.717) is 13.1 Å². The lowest BCUT2D eigenvalue weighted by molar-refractivity contribution is 0.575. The van der Waals surface area contributed by atoms with E-state index in [1.165, 1.54) is 0 Å². The third-order valence-corrected chi connectivity index (χ3v) is 4.33. The van der Waals surface area contributed by atoms with Gasteiger partial charge in [0, 0.05) is 23.6 Å². The van der Waals surface area contributed by atoms with E-state index in [1.54, 1.807) is 17.8 Å². The van der Waals surface area contributed by atoms with Crippen molar-refractivity contribution in [3.05, 3.63) is 17.5 Å². The van der Waals surface area contributed by atoms with E-state index in [2.05, 4.69) is 5.10 Å². The van der Waals surface area contributed by atoms with E-state index in [-0.39, 0.29) is 11.5 Å². The molecule has 2 N–H and O–H groups in total. The molecule has 0 amide bonds. The molecule has 16 heavy (non-hydrogen) atoms. The lowest BCUT2D eigenvalue weighted by atomic mass is 10.2. The fourth-order valence-corrected chi connectivity index (χ4v) is 2.33. The molecule has 0 saturated carbocycles. The van der Waals surface area contributed by atoms with Crippen LogP contribution in [0.2, 0.25) is 0 Å². The van der Waals surface area contributed by atoms with Crippen LogP contribution in [0, 0.1) is 0 Å². The molecule has 0 aromatic carbocycles. The normalized spacial score (nSPS) is 11.9. The van der Waals surface area contributed by atoms with Crippen molar-refractivity contribution in [2.75, 3.05) is 11.5 Å². The second-order valence-electron chi connectivity index (χ2n) is 3.63. The average Bonchev–Trinajstić information content (AvgIpc) is 2.68. The van der Waals surface area contributed by atoms with Crippen LogP contribution in [0.1, 0.15) is 25.1 Å². The van der Waals surface area contributed by atoms with Gasteiger partial charge in [0.25, 0.3) is 0 Å². The first-order valence-electron chi connectivity index (χ1n) is 5.48. The minimum absolute atomic E-state index is 0.141. The number of hydrogen-bond acceptors (Lipinski definition) is 4. The highest BCUT2D eigenvalue weighted by atomic mass is 32.2. The van der Waals surface area contributed by atoms with Crippen molar-refractivity contribution in [2.45, 2.75) is 33.4 Å². The zero-order chi connectivity index (χ0) is 12.2. The van der Waals surface area contributed by atoms with Crippen LogP contribution in [0.4, 0.5) is 0 Å². The van der Waals surface area contributed by atoms with E-state index in [4.69, 9.17) is 5.73 Å². The van der Waals surface area contributed by atoms with Gasteiger partial charge in [-0.3, -0.25) is 4.68 Å². The first-order valence-corrected chi connectivity index (χ1v) is 7.30. The van der Waals surface area contributed by atoms with Gasteiger partial charge < -0.3 is 5.73 Å². The number of nitrogens with zero attached hydrogens (tertiary/aromatic N) is 2. The Labute approximate surface area is 96.6 Å². The van der Waals surface area contributed by atoms with Gasteiger partial charge in [-0.05, 0) is 6.42 Å². The Morgan fingerprint density at radius 2 is 2.12 bits per heavy atom. The predicted molar refractivity (Wildman–Crippen MR) is 63.8 cm³/mol. The molecule has 1 rings (SSSR count). The summed E-state index contributed by atoms with van der Waals surface area (Å²) in [6.07, 6.45) is 2.54. The van der Waals surface area contributed by atoms with Crippen LogP contribution in [-0.2, 0) is 29.3 Å². The Bertz CT molecular complexity index is 437. The molecule has 0 saturated heterocycles. The van der Waals surface area contributed by atoms with Crippen LogP contribution in [-0.4, -0.2) is 29.7 Å². The van der Waals surface area contributed by atoms with Crippen molar-refractivity contribution >= 4 is 9.84 Å². The van der Waals surface area contributed by atoms with E-state index >= 15 is 0 Å². The van der Waals surface area contributed by atoms with Crippen molar-refractivity contribution < 1.29 is 8.42 Å². The van der Waals surface area contributed by atoms with E-state index in [1.807, 2.05) is 6.92 Å². The molecule has 0 fully saturated rings. The molecular formula is C10H19N3O2S. The zero-order valence-electron chi connectivity index (χ0n) is 9.81. The van der Waals surface area contributed by atoms with Crippen molar-refractivity contribution in [3.8, 4) is 0 Å². The van der Waals surface area contributed by atoms with Gasteiger partial charge in [0.1, 0.15) is 0 Å². The minimum Gasteiger partial charge on any atom is -0.326 e. The number of aromatic nitrogens is 2. The molecule has 0 bridgehead atoms. The van der Waals surface area contributed by atoms with Gasteiger partial charge in [-0.2, -0.15) is 5.10 Å². The molecule has 0 unspecified atom stereocenters. The molecule has 1 aromatic rings. The highest BCUT2D eigenvalue weighted by molar-refractivity contribution is 7.91. The second kappa shape index (κ2) is 5.45. The molecule has 0 aliphatic carbocycles. The van der Waals surface area contributed by atoms with Gasteiger partial charge in [-0.25, -0.2) is 8.42 Å². The molecule has 92 valence electrons. The fourth-order valence-electron chi connectivity index (χ4n) is 1.59. The average molecular weight is 245 g/mol. The summed E-state index contributed by atoms with van der Waals surface area (Å²) in [4.78, 5) is 0. The molecule has 0 spiro atoms. The van der Waals surface area contributed by atoms with Crippen LogP contribution < -0.4 is 5.73 Å². The zero-order valence-corrected chi connectivity index (χ0v) is 10.6. The Kier molecular flexibility index (Phi) is 4.49. The molecule has 0 radical (unpaired) electrons. The van der Waals surface area contributed by atoms with Gasteiger partial charge in [0.15, 0.2) is 9.84 Å². The summed E-state index contributed by atoms with van der Waals surface area (Å²) in [6.45, 7) is 4.54. The Balaban J connectivity index is 2.78. The Morgan fingerprint density at radius 3 is 2.62 bits per heavy atom. The molecule has 6 heteroatoms. The highest BCUT2D eigenvalue weighted by Gasteiger charge is 2.11. The number of sulfone groups is 1. The topological polar surface area (TPSA) is 78.0 Å². The second-order valence-corrected chi connectivity index (χ2v) is 6.11. The standard InChI is InChI=1S/C10H19N3O2S/c1-3-10-9(7-11)8-12-13(10)5-6-16(14,15)4-2/h8H,3-7,11H2,1-2H3. The molecule has 0 aliphatic heterocycles. The van der Waals surface area contributed by atoms with Gasteiger partial charge in [0.2, 0.25) is 0 Å².